The number of piperidine rings is 1. The second-order valence-electron chi connectivity index (χ2n) is 10.7. The lowest BCUT2D eigenvalue weighted by Gasteiger charge is -2.32. The maximum atomic E-state index is 13.5. The molecule has 0 bridgehead atoms. The predicted octanol–water partition coefficient (Wildman–Crippen LogP) is 2.42. The molecule has 1 atom stereocenters. The Bertz CT molecular complexity index is 1130. The molecule has 5 rings (SSSR count). The summed E-state index contributed by atoms with van der Waals surface area (Å²) in [5.41, 5.74) is 5.32. The minimum Gasteiger partial charge on any atom is -0.390 e. The van der Waals surface area contributed by atoms with Crippen molar-refractivity contribution in [2.24, 2.45) is 0 Å². The van der Waals surface area contributed by atoms with E-state index in [1.807, 2.05) is 24.1 Å². The van der Waals surface area contributed by atoms with E-state index in [2.05, 4.69) is 45.4 Å². The maximum absolute atomic E-state index is 13.5. The topological polar surface area (TPSA) is 79.4 Å². The molecule has 3 aliphatic heterocycles. The van der Waals surface area contributed by atoms with Gasteiger partial charge < -0.3 is 25.1 Å². The van der Waals surface area contributed by atoms with Crippen molar-refractivity contribution >= 4 is 23.2 Å². The van der Waals surface area contributed by atoms with Gasteiger partial charge >= 0.3 is 0 Å². The highest BCUT2D eigenvalue weighted by Crippen LogP contribution is 2.29. The van der Waals surface area contributed by atoms with E-state index in [1.165, 1.54) is 11.1 Å². The summed E-state index contributed by atoms with van der Waals surface area (Å²) in [6.45, 7) is 7.13. The Balaban J connectivity index is 1.20. The van der Waals surface area contributed by atoms with E-state index in [4.69, 9.17) is 0 Å². The van der Waals surface area contributed by atoms with Crippen LogP contribution >= 0.6 is 0 Å². The van der Waals surface area contributed by atoms with Crippen LogP contribution in [-0.4, -0.2) is 96.6 Å². The van der Waals surface area contributed by atoms with E-state index >= 15 is 0 Å². The lowest BCUT2D eigenvalue weighted by Crippen LogP contribution is -2.44. The second kappa shape index (κ2) is 11.1. The van der Waals surface area contributed by atoms with Gasteiger partial charge in [0, 0.05) is 78.1 Å². The number of carbonyl (C=O) groups excluding carboxylic acids is 2. The number of benzene rings is 2. The highest BCUT2D eigenvalue weighted by atomic mass is 16.3. The molecule has 198 valence electrons. The third kappa shape index (κ3) is 5.91. The zero-order chi connectivity index (χ0) is 25.9. The molecule has 2 amide bonds. The summed E-state index contributed by atoms with van der Waals surface area (Å²) in [6.07, 6.45) is 2.23. The van der Waals surface area contributed by atoms with Crippen LogP contribution in [0.5, 0.6) is 0 Å². The summed E-state index contributed by atoms with van der Waals surface area (Å²) < 4.78 is 0. The Kier molecular flexibility index (Phi) is 7.67. The lowest BCUT2D eigenvalue weighted by molar-refractivity contribution is -0.129. The fraction of sp³-hybridized carbons (Fsp3) is 0.517. The largest absolute Gasteiger partial charge is 0.390 e. The van der Waals surface area contributed by atoms with Gasteiger partial charge in [0.25, 0.3) is 5.91 Å². The zero-order valence-electron chi connectivity index (χ0n) is 22.0. The zero-order valence-corrected chi connectivity index (χ0v) is 22.0. The molecule has 8 heteroatoms. The molecule has 2 N–H and O–H groups in total. The summed E-state index contributed by atoms with van der Waals surface area (Å²) in [6, 6.07) is 14.8. The normalized spacial score (nSPS) is 19.8. The minimum absolute atomic E-state index is 0.0243. The first-order valence-corrected chi connectivity index (χ1v) is 13.5. The van der Waals surface area contributed by atoms with Crippen LogP contribution in [0.4, 0.5) is 11.4 Å². The molecule has 0 saturated carbocycles. The number of aliphatic hydroxyl groups excluding tert-OH is 1. The van der Waals surface area contributed by atoms with E-state index in [0.29, 0.717) is 37.8 Å². The van der Waals surface area contributed by atoms with E-state index in [-0.39, 0.29) is 11.8 Å². The van der Waals surface area contributed by atoms with Gasteiger partial charge in [-0.25, -0.2) is 0 Å². The van der Waals surface area contributed by atoms with E-state index in [0.717, 1.165) is 56.8 Å². The molecule has 0 aliphatic carbocycles. The number of fused-ring (bicyclic) bond motifs is 2. The summed E-state index contributed by atoms with van der Waals surface area (Å²) in [7, 11) is 2.02. The molecule has 3 aliphatic rings. The van der Waals surface area contributed by atoms with Gasteiger partial charge in [-0.05, 0) is 48.6 Å². The number of β-amino-alcohol motifs (C(OH)–C–C–N with tert-alkyl or cyclic N) is 1. The van der Waals surface area contributed by atoms with Crippen LogP contribution in [0.15, 0.2) is 42.5 Å². The smallest absolute Gasteiger partial charge is 0.256 e. The molecule has 1 saturated heterocycles. The average Bonchev–Trinajstić information content (AvgIpc) is 3.01. The molecule has 1 fully saturated rings. The van der Waals surface area contributed by atoms with Crippen LogP contribution in [0.2, 0.25) is 0 Å². The Morgan fingerprint density at radius 3 is 2.54 bits per heavy atom. The SMILES string of the molecule is CC(=O)N1CCC(Nc2ccc3c(c2)N(C)CCN(C[C@H](O)CN2CCc4ccccc4C2)C3=O)CC1. The third-order valence-electron chi connectivity index (χ3n) is 8.05. The molecule has 3 heterocycles. The summed E-state index contributed by atoms with van der Waals surface area (Å²) in [4.78, 5) is 33.2. The van der Waals surface area contributed by atoms with Gasteiger partial charge in [0.1, 0.15) is 0 Å². The van der Waals surface area contributed by atoms with Gasteiger partial charge in [-0.15, -0.1) is 0 Å². The first kappa shape index (κ1) is 25.5. The van der Waals surface area contributed by atoms with Gasteiger partial charge in [0.2, 0.25) is 5.91 Å². The van der Waals surface area contributed by atoms with Crippen LogP contribution in [0, 0.1) is 0 Å². The molecular formula is C29H39N5O3. The van der Waals surface area contributed by atoms with E-state index in [1.54, 1.807) is 11.8 Å². The third-order valence-corrected chi connectivity index (χ3v) is 8.05. The van der Waals surface area contributed by atoms with Crippen molar-refractivity contribution in [1.82, 2.24) is 14.7 Å². The Morgan fingerprint density at radius 1 is 1.03 bits per heavy atom. The summed E-state index contributed by atoms with van der Waals surface area (Å²) in [5.74, 6) is 0.114. The van der Waals surface area contributed by atoms with E-state index < -0.39 is 6.10 Å². The quantitative estimate of drug-likeness (QED) is 0.628. The molecule has 2 aromatic carbocycles. The Labute approximate surface area is 219 Å². The number of rotatable bonds is 6. The first-order chi connectivity index (χ1) is 17.9. The van der Waals surface area contributed by atoms with Crippen molar-refractivity contribution in [3.05, 3.63) is 59.2 Å². The van der Waals surface area contributed by atoms with Crippen molar-refractivity contribution in [2.45, 2.75) is 44.9 Å². The first-order valence-electron chi connectivity index (χ1n) is 13.5. The molecule has 0 aromatic heterocycles. The number of anilines is 2. The number of carbonyl (C=O) groups is 2. The number of amides is 2. The summed E-state index contributed by atoms with van der Waals surface area (Å²) >= 11 is 0. The number of hydrogen-bond acceptors (Lipinski definition) is 6. The van der Waals surface area contributed by atoms with Crippen molar-refractivity contribution < 1.29 is 14.7 Å². The predicted molar refractivity (Wildman–Crippen MR) is 146 cm³/mol. The molecule has 0 spiro atoms. The lowest BCUT2D eigenvalue weighted by atomic mass is 10.00. The molecule has 0 radical (unpaired) electrons. The van der Waals surface area contributed by atoms with E-state index in [9.17, 15) is 14.7 Å². The van der Waals surface area contributed by atoms with Gasteiger partial charge in [-0.1, -0.05) is 24.3 Å². The monoisotopic (exact) mass is 505 g/mol. The van der Waals surface area contributed by atoms with Gasteiger partial charge in [0.05, 0.1) is 17.4 Å². The second-order valence-corrected chi connectivity index (χ2v) is 10.7. The number of likely N-dealkylation sites (N-methyl/N-ethyl adjacent to an activating group) is 1. The highest BCUT2D eigenvalue weighted by Gasteiger charge is 2.28. The Morgan fingerprint density at radius 2 is 1.78 bits per heavy atom. The number of aliphatic hydroxyl groups is 1. The van der Waals surface area contributed by atoms with Crippen LogP contribution in [-0.2, 0) is 17.8 Å². The van der Waals surface area contributed by atoms with Crippen LogP contribution in [0.3, 0.4) is 0 Å². The Hall–Kier alpha value is -3.10. The molecule has 0 unspecified atom stereocenters. The van der Waals surface area contributed by atoms with Crippen LogP contribution < -0.4 is 10.2 Å². The standard InChI is InChI=1S/C29H39N5O3/c1-21(35)33-13-10-24(11-14-33)30-25-7-8-27-28(17-25)31(2)15-16-34(29(27)37)20-26(36)19-32-12-9-22-5-3-4-6-23(22)18-32/h3-8,17,24,26,30,36H,9-16,18-20H2,1-2H3/t26-/m1/s1. The molecule has 2 aromatic rings. The number of nitrogens with zero attached hydrogens (tertiary/aromatic N) is 4. The molecule has 8 nitrogen and oxygen atoms in total. The average molecular weight is 506 g/mol. The number of likely N-dealkylation sites (tertiary alicyclic amines) is 1. The van der Waals surface area contributed by atoms with Crippen molar-refractivity contribution in [3.8, 4) is 0 Å². The molecular weight excluding hydrogens is 466 g/mol. The fourth-order valence-electron chi connectivity index (χ4n) is 5.85. The highest BCUT2D eigenvalue weighted by molar-refractivity contribution is 6.01. The van der Waals surface area contributed by atoms with Crippen molar-refractivity contribution in [2.75, 3.05) is 63.1 Å². The van der Waals surface area contributed by atoms with Gasteiger partial charge in [0.15, 0.2) is 0 Å². The minimum atomic E-state index is -0.595. The van der Waals surface area contributed by atoms with Gasteiger partial charge in [-0.3, -0.25) is 14.5 Å². The maximum Gasteiger partial charge on any atom is 0.256 e. The van der Waals surface area contributed by atoms with Crippen molar-refractivity contribution in [3.63, 3.8) is 0 Å². The fourth-order valence-corrected chi connectivity index (χ4v) is 5.85. The van der Waals surface area contributed by atoms with Crippen LogP contribution in [0.25, 0.3) is 0 Å². The summed E-state index contributed by atoms with van der Waals surface area (Å²) in [5, 5.41) is 14.5. The van der Waals surface area contributed by atoms with Gasteiger partial charge in [-0.2, -0.15) is 0 Å². The van der Waals surface area contributed by atoms with Crippen molar-refractivity contribution in [1.29, 1.82) is 0 Å². The number of nitrogens with one attached hydrogen (secondary N) is 1. The van der Waals surface area contributed by atoms with Crippen LogP contribution in [0.1, 0.15) is 41.3 Å². The molecule has 37 heavy (non-hydrogen) atoms. The number of hydrogen-bond donors (Lipinski definition) is 2.